The first-order chi connectivity index (χ1) is 11.6. The molecule has 0 amide bonds. The van der Waals surface area contributed by atoms with E-state index < -0.39 is 0 Å². The Morgan fingerprint density at radius 1 is 1.17 bits per heavy atom. The number of hydrogen-bond acceptors (Lipinski definition) is 3. The van der Waals surface area contributed by atoms with Crippen molar-refractivity contribution in [1.82, 2.24) is 4.98 Å². The van der Waals surface area contributed by atoms with Gasteiger partial charge < -0.3 is 0 Å². The molecular formula is C18H9BrCl2N2S. The SMILES string of the molecule is N#C/C(=C\c1ccc(Cl)cc1Cl)c1nc(-c2ccc(Br)cc2)cs1. The van der Waals surface area contributed by atoms with Crippen LogP contribution in [0.15, 0.2) is 52.3 Å². The molecule has 0 atom stereocenters. The van der Waals surface area contributed by atoms with E-state index in [1.807, 2.05) is 29.6 Å². The average Bonchev–Trinajstić information content (AvgIpc) is 3.05. The van der Waals surface area contributed by atoms with E-state index >= 15 is 0 Å². The molecule has 2 aromatic carbocycles. The van der Waals surface area contributed by atoms with Crippen LogP contribution in [-0.4, -0.2) is 4.98 Å². The Kier molecular flexibility index (Phi) is 5.37. The van der Waals surface area contributed by atoms with Crippen molar-refractivity contribution in [1.29, 1.82) is 5.26 Å². The van der Waals surface area contributed by atoms with Gasteiger partial charge in [0, 0.05) is 25.5 Å². The van der Waals surface area contributed by atoms with Gasteiger partial charge in [-0.3, -0.25) is 0 Å². The molecule has 0 aliphatic rings. The monoisotopic (exact) mass is 434 g/mol. The Hall–Kier alpha value is -1.64. The zero-order valence-electron chi connectivity index (χ0n) is 12.1. The standard InChI is InChI=1S/C18H9BrCl2N2S/c19-14-4-1-11(2-5-14)17-10-24-18(23-17)13(9-22)7-12-3-6-15(20)8-16(12)21/h1-8,10H/b13-7+. The van der Waals surface area contributed by atoms with Crippen LogP contribution >= 0.6 is 50.5 Å². The predicted molar refractivity (Wildman–Crippen MR) is 105 cm³/mol. The van der Waals surface area contributed by atoms with Crippen molar-refractivity contribution in [2.45, 2.75) is 0 Å². The summed E-state index contributed by atoms with van der Waals surface area (Å²) in [7, 11) is 0. The maximum atomic E-state index is 9.48. The third-order valence-electron chi connectivity index (χ3n) is 3.26. The third-order valence-corrected chi connectivity index (χ3v) is 5.22. The fourth-order valence-corrected chi connectivity index (χ4v) is 3.59. The second-order valence-electron chi connectivity index (χ2n) is 4.88. The van der Waals surface area contributed by atoms with Gasteiger partial charge in [-0.25, -0.2) is 4.98 Å². The first-order valence-corrected chi connectivity index (χ1v) is 9.28. The van der Waals surface area contributed by atoms with Crippen molar-refractivity contribution >= 4 is 62.1 Å². The summed E-state index contributed by atoms with van der Waals surface area (Å²) >= 11 is 16.9. The van der Waals surface area contributed by atoms with Gasteiger partial charge in [-0.05, 0) is 35.9 Å². The van der Waals surface area contributed by atoms with Crippen LogP contribution < -0.4 is 0 Å². The van der Waals surface area contributed by atoms with Gasteiger partial charge in [-0.15, -0.1) is 11.3 Å². The van der Waals surface area contributed by atoms with E-state index in [1.165, 1.54) is 11.3 Å². The summed E-state index contributed by atoms with van der Waals surface area (Å²) in [5.74, 6) is 0. The molecule has 3 rings (SSSR count). The molecule has 118 valence electrons. The lowest BCUT2D eigenvalue weighted by Gasteiger charge is -2.00. The van der Waals surface area contributed by atoms with Crippen LogP contribution in [0.3, 0.4) is 0 Å². The Bertz CT molecular complexity index is 956. The molecule has 0 bridgehead atoms. The van der Waals surface area contributed by atoms with E-state index in [0.29, 0.717) is 20.6 Å². The van der Waals surface area contributed by atoms with Gasteiger partial charge in [0.2, 0.25) is 0 Å². The van der Waals surface area contributed by atoms with Crippen molar-refractivity contribution in [3.05, 3.63) is 72.9 Å². The fourth-order valence-electron chi connectivity index (χ4n) is 2.07. The number of allylic oxidation sites excluding steroid dienone is 1. The van der Waals surface area contributed by atoms with Crippen LogP contribution in [0.2, 0.25) is 10.0 Å². The molecule has 0 N–H and O–H groups in total. The maximum Gasteiger partial charge on any atom is 0.134 e. The molecule has 0 saturated carbocycles. The highest BCUT2D eigenvalue weighted by atomic mass is 79.9. The van der Waals surface area contributed by atoms with Gasteiger partial charge >= 0.3 is 0 Å². The van der Waals surface area contributed by atoms with Crippen molar-refractivity contribution < 1.29 is 0 Å². The highest BCUT2D eigenvalue weighted by molar-refractivity contribution is 9.10. The Morgan fingerprint density at radius 3 is 2.58 bits per heavy atom. The zero-order chi connectivity index (χ0) is 17.1. The predicted octanol–water partition coefficient (Wildman–Crippen LogP) is 6.94. The summed E-state index contributed by atoms with van der Waals surface area (Å²) in [4.78, 5) is 4.57. The van der Waals surface area contributed by atoms with E-state index in [4.69, 9.17) is 23.2 Å². The summed E-state index contributed by atoms with van der Waals surface area (Å²) in [5.41, 5.74) is 3.04. The Labute approximate surface area is 162 Å². The third kappa shape index (κ3) is 3.88. The minimum atomic E-state index is 0.465. The van der Waals surface area contributed by atoms with Crippen molar-refractivity contribution in [2.75, 3.05) is 0 Å². The molecule has 24 heavy (non-hydrogen) atoms. The van der Waals surface area contributed by atoms with Crippen LogP contribution in [0.5, 0.6) is 0 Å². The number of thiazole rings is 1. The number of nitrogens with zero attached hydrogens (tertiary/aromatic N) is 2. The number of benzene rings is 2. The van der Waals surface area contributed by atoms with Gasteiger partial charge in [0.15, 0.2) is 0 Å². The quantitative estimate of drug-likeness (QED) is 0.417. The summed E-state index contributed by atoms with van der Waals surface area (Å²) in [6, 6.07) is 15.3. The molecule has 0 saturated heterocycles. The summed E-state index contributed by atoms with van der Waals surface area (Å²) < 4.78 is 1.01. The normalized spacial score (nSPS) is 11.3. The smallest absolute Gasteiger partial charge is 0.134 e. The maximum absolute atomic E-state index is 9.48. The lowest BCUT2D eigenvalue weighted by molar-refractivity contribution is 1.37. The molecule has 0 fully saturated rings. The second-order valence-corrected chi connectivity index (χ2v) is 7.50. The first kappa shape index (κ1) is 17.2. The Morgan fingerprint density at radius 2 is 1.92 bits per heavy atom. The minimum Gasteiger partial charge on any atom is -0.235 e. The number of halogens is 3. The van der Waals surface area contributed by atoms with Crippen LogP contribution in [0.4, 0.5) is 0 Å². The summed E-state index contributed by atoms with van der Waals surface area (Å²) in [5, 5.41) is 13.1. The van der Waals surface area contributed by atoms with Crippen LogP contribution in [0.1, 0.15) is 10.6 Å². The average molecular weight is 436 g/mol. The molecular weight excluding hydrogens is 427 g/mol. The molecule has 6 heteroatoms. The largest absolute Gasteiger partial charge is 0.235 e. The zero-order valence-corrected chi connectivity index (χ0v) is 16.0. The number of hydrogen-bond donors (Lipinski definition) is 0. The van der Waals surface area contributed by atoms with E-state index in [1.54, 1.807) is 24.3 Å². The van der Waals surface area contributed by atoms with Gasteiger partial charge in [-0.1, -0.05) is 57.3 Å². The van der Waals surface area contributed by atoms with Gasteiger partial charge in [0.05, 0.1) is 11.3 Å². The van der Waals surface area contributed by atoms with Crippen molar-refractivity contribution in [3.63, 3.8) is 0 Å². The molecule has 0 unspecified atom stereocenters. The molecule has 1 heterocycles. The van der Waals surface area contributed by atoms with Crippen LogP contribution in [-0.2, 0) is 0 Å². The highest BCUT2D eigenvalue weighted by Crippen LogP contribution is 2.30. The summed E-state index contributed by atoms with van der Waals surface area (Å²) in [6.45, 7) is 0. The van der Waals surface area contributed by atoms with Crippen molar-refractivity contribution in [3.8, 4) is 17.3 Å². The highest BCUT2D eigenvalue weighted by Gasteiger charge is 2.10. The minimum absolute atomic E-state index is 0.465. The number of rotatable bonds is 3. The van der Waals surface area contributed by atoms with E-state index in [-0.39, 0.29) is 0 Å². The number of nitriles is 1. The molecule has 0 aliphatic heterocycles. The molecule has 0 spiro atoms. The van der Waals surface area contributed by atoms with Gasteiger partial charge in [0.1, 0.15) is 11.1 Å². The van der Waals surface area contributed by atoms with Crippen molar-refractivity contribution in [2.24, 2.45) is 0 Å². The van der Waals surface area contributed by atoms with E-state index in [2.05, 4.69) is 27.0 Å². The molecule has 3 aromatic rings. The topological polar surface area (TPSA) is 36.7 Å². The lowest BCUT2D eigenvalue weighted by atomic mass is 10.1. The van der Waals surface area contributed by atoms with Gasteiger partial charge in [0.25, 0.3) is 0 Å². The molecule has 0 radical (unpaired) electrons. The summed E-state index contributed by atoms with van der Waals surface area (Å²) in [6.07, 6.45) is 1.73. The molecule has 0 aliphatic carbocycles. The fraction of sp³-hybridized carbons (Fsp3) is 0. The first-order valence-electron chi connectivity index (χ1n) is 6.85. The van der Waals surface area contributed by atoms with Crippen LogP contribution in [0, 0.1) is 11.3 Å². The van der Waals surface area contributed by atoms with E-state index in [0.717, 1.165) is 21.3 Å². The Balaban J connectivity index is 1.96. The van der Waals surface area contributed by atoms with Crippen LogP contribution in [0.25, 0.3) is 22.9 Å². The molecule has 1 aromatic heterocycles. The lowest BCUT2D eigenvalue weighted by Crippen LogP contribution is -1.84. The van der Waals surface area contributed by atoms with Gasteiger partial charge in [-0.2, -0.15) is 5.26 Å². The molecule has 2 nitrogen and oxygen atoms in total. The number of aromatic nitrogens is 1. The second kappa shape index (κ2) is 7.50. The van der Waals surface area contributed by atoms with E-state index in [9.17, 15) is 5.26 Å².